The van der Waals surface area contributed by atoms with Gasteiger partial charge in [0.1, 0.15) is 5.57 Å². The molecule has 6 nitrogen and oxygen atoms in total. The highest BCUT2D eigenvalue weighted by Gasteiger charge is 2.18. The fourth-order valence-corrected chi connectivity index (χ4v) is 2.34. The number of para-hydroxylation sites is 1. The minimum atomic E-state index is -0.953. The molecule has 0 radical (unpaired) electrons. The SMILES string of the molecule is CC(=O)/C(=C/c1cccc(Cl)c1Cl)C(=O)OCOC(=O)Nc1ccccc1. The fourth-order valence-electron chi connectivity index (χ4n) is 1.98. The Morgan fingerprint density at radius 3 is 2.37 bits per heavy atom. The first-order valence-electron chi connectivity index (χ1n) is 7.71. The molecule has 0 aromatic heterocycles. The van der Waals surface area contributed by atoms with E-state index in [1.54, 1.807) is 48.5 Å². The van der Waals surface area contributed by atoms with Crippen molar-refractivity contribution in [1.29, 1.82) is 0 Å². The third-order valence-corrected chi connectivity index (χ3v) is 4.11. The second-order valence-corrected chi connectivity index (χ2v) is 6.01. The van der Waals surface area contributed by atoms with E-state index >= 15 is 0 Å². The standard InChI is InChI=1S/C19H15Cl2NO5/c1-12(23)15(10-13-6-5-9-16(20)17(13)21)18(24)26-11-27-19(25)22-14-7-3-2-4-8-14/h2-10H,11H2,1H3,(H,22,25)/b15-10-. The smallest absolute Gasteiger partial charge is 0.414 e. The van der Waals surface area contributed by atoms with E-state index in [1.807, 2.05) is 0 Å². The van der Waals surface area contributed by atoms with Gasteiger partial charge < -0.3 is 9.47 Å². The van der Waals surface area contributed by atoms with Gasteiger partial charge in [-0.25, -0.2) is 9.59 Å². The molecular weight excluding hydrogens is 393 g/mol. The molecule has 0 saturated heterocycles. The van der Waals surface area contributed by atoms with Gasteiger partial charge in [0.25, 0.3) is 0 Å². The molecule has 0 bridgehead atoms. The van der Waals surface area contributed by atoms with E-state index in [2.05, 4.69) is 5.32 Å². The number of amides is 1. The molecule has 0 fully saturated rings. The van der Waals surface area contributed by atoms with Crippen molar-refractivity contribution >= 4 is 52.8 Å². The first-order valence-corrected chi connectivity index (χ1v) is 8.46. The minimum Gasteiger partial charge on any atom is -0.424 e. The molecule has 1 N–H and O–H groups in total. The summed E-state index contributed by atoms with van der Waals surface area (Å²) < 4.78 is 9.59. The number of nitrogens with one attached hydrogen (secondary N) is 1. The number of esters is 1. The third-order valence-electron chi connectivity index (χ3n) is 3.28. The highest BCUT2D eigenvalue weighted by Crippen LogP contribution is 2.27. The highest BCUT2D eigenvalue weighted by molar-refractivity contribution is 6.43. The van der Waals surface area contributed by atoms with Crippen LogP contribution in [0.4, 0.5) is 10.5 Å². The number of anilines is 1. The van der Waals surface area contributed by atoms with Crippen molar-refractivity contribution in [3.63, 3.8) is 0 Å². The normalized spacial score (nSPS) is 10.9. The first kappa shape index (κ1) is 20.5. The van der Waals surface area contributed by atoms with E-state index in [4.69, 9.17) is 32.7 Å². The number of rotatable bonds is 6. The van der Waals surface area contributed by atoms with Crippen molar-refractivity contribution < 1.29 is 23.9 Å². The summed E-state index contributed by atoms with van der Waals surface area (Å²) in [6.07, 6.45) is 0.461. The molecule has 0 aliphatic rings. The predicted octanol–water partition coefficient (Wildman–Crippen LogP) is 4.72. The molecular formula is C19H15Cl2NO5. The second-order valence-electron chi connectivity index (χ2n) is 5.23. The minimum absolute atomic E-state index is 0.198. The maximum absolute atomic E-state index is 12.1. The number of ketones is 1. The number of halogens is 2. The van der Waals surface area contributed by atoms with Crippen molar-refractivity contribution in [1.82, 2.24) is 0 Å². The predicted molar refractivity (Wildman–Crippen MR) is 103 cm³/mol. The van der Waals surface area contributed by atoms with Gasteiger partial charge in [0.2, 0.25) is 6.79 Å². The summed E-state index contributed by atoms with van der Waals surface area (Å²) in [7, 11) is 0. The van der Waals surface area contributed by atoms with Crippen molar-refractivity contribution in [2.24, 2.45) is 0 Å². The Hall–Kier alpha value is -2.83. The van der Waals surface area contributed by atoms with Gasteiger partial charge in [-0.15, -0.1) is 0 Å². The summed E-state index contributed by atoms with van der Waals surface area (Å²) in [6, 6.07) is 13.4. The van der Waals surface area contributed by atoms with E-state index < -0.39 is 24.6 Å². The van der Waals surface area contributed by atoms with Crippen LogP contribution in [0.25, 0.3) is 6.08 Å². The molecule has 1 amide bonds. The van der Waals surface area contributed by atoms with E-state index in [0.29, 0.717) is 11.3 Å². The quantitative estimate of drug-likeness (QED) is 0.246. The number of carbonyl (C=O) groups is 3. The van der Waals surface area contributed by atoms with Gasteiger partial charge in [0.15, 0.2) is 5.78 Å². The molecule has 0 heterocycles. The van der Waals surface area contributed by atoms with E-state index in [1.165, 1.54) is 13.0 Å². The van der Waals surface area contributed by atoms with Gasteiger partial charge in [-0.2, -0.15) is 0 Å². The van der Waals surface area contributed by atoms with Crippen LogP contribution in [0.1, 0.15) is 12.5 Å². The number of carbonyl (C=O) groups excluding carboxylic acids is 3. The fraction of sp³-hybridized carbons (Fsp3) is 0.105. The Kier molecular flexibility index (Phi) is 7.40. The van der Waals surface area contributed by atoms with Crippen LogP contribution in [0.3, 0.4) is 0 Å². The summed E-state index contributed by atoms with van der Waals surface area (Å²) in [6.45, 7) is 0.542. The average molecular weight is 408 g/mol. The number of benzene rings is 2. The van der Waals surface area contributed by atoms with Crippen LogP contribution in [0.15, 0.2) is 54.1 Å². The van der Waals surface area contributed by atoms with Crippen molar-refractivity contribution in [3.8, 4) is 0 Å². The Morgan fingerprint density at radius 1 is 1.00 bits per heavy atom. The van der Waals surface area contributed by atoms with Crippen molar-refractivity contribution in [2.75, 3.05) is 12.1 Å². The Morgan fingerprint density at radius 2 is 1.70 bits per heavy atom. The average Bonchev–Trinajstić information content (AvgIpc) is 2.63. The number of hydrogen-bond donors (Lipinski definition) is 1. The Bertz CT molecular complexity index is 881. The lowest BCUT2D eigenvalue weighted by Crippen LogP contribution is -2.20. The van der Waals surface area contributed by atoms with Crippen LogP contribution in [-0.2, 0) is 19.1 Å². The van der Waals surface area contributed by atoms with Crippen LogP contribution in [-0.4, -0.2) is 24.6 Å². The molecule has 8 heteroatoms. The highest BCUT2D eigenvalue weighted by atomic mass is 35.5. The van der Waals surface area contributed by atoms with Gasteiger partial charge in [-0.3, -0.25) is 10.1 Å². The van der Waals surface area contributed by atoms with Crippen LogP contribution in [0.2, 0.25) is 10.0 Å². The monoisotopic (exact) mass is 407 g/mol. The third kappa shape index (κ3) is 6.13. The number of hydrogen-bond acceptors (Lipinski definition) is 5. The molecule has 2 aromatic rings. The summed E-state index contributed by atoms with van der Waals surface area (Å²) in [4.78, 5) is 35.5. The first-order chi connectivity index (χ1) is 12.9. The lowest BCUT2D eigenvalue weighted by molar-refractivity contribution is -0.147. The van der Waals surface area contributed by atoms with Crippen LogP contribution in [0, 0.1) is 0 Å². The summed E-state index contributed by atoms with van der Waals surface area (Å²) >= 11 is 12.0. The lowest BCUT2D eigenvalue weighted by atomic mass is 10.1. The van der Waals surface area contributed by atoms with Gasteiger partial charge >= 0.3 is 12.1 Å². The Labute approximate surface area is 165 Å². The maximum Gasteiger partial charge on any atom is 0.414 e. The zero-order chi connectivity index (χ0) is 19.8. The molecule has 0 unspecified atom stereocenters. The molecule has 0 saturated carbocycles. The number of Topliss-reactive ketones (excluding diaryl/α,β-unsaturated/α-hetero) is 1. The summed E-state index contributed by atoms with van der Waals surface area (Å²) in [5.74, 6) is -1.49. The van der Waals surface area contributed by atoms with Gasteiger partial charge in [0, 0.05) is 5.69 Å². The molecule has 0 atom stereocenters. The molecule has 0 spiro atoms. The zero-order valence-electron chi connectivity index (χ0n) is 14.2. The topological polar surface area (TPSA) is 81.7 Å². The molecule has 0 aliphatic carbocycles. The summed E-state index contributed by atoms with van der Waals surface area (Å²) in [5, 5.41) is 2.93. The Balaban J connectivity index is 1.97. The molecule has 27 heavy (non-hydrogen) atoms. The molecule has 0 aliphatic heterocycles. The van der Waals surface area contributed by atoms with Gasteiger partial charge in [-0.05, 0) is 36.8 Å². The van der Waals surface area contributed by atoms with Crippen molar-refractivity contribution in [2.45, 2.75) is 6.92 Å². The lowest BCUT2D eigenvalue weighted by Gasteiger charge is -2.09. The van der Waals surface area contributed by atoms with E-state index in [-0.39, 0.29) is 15.6 Å². The van der Waals surface area contributed by atoms with E-state index in [9.17, 15) is 14.4 Å². The zero-order valence-corrected chi connectivity index (χ0v) is 15.7. The maximum atomic E-state index is 12.1. The van der Waals surface area contributed by atoms with Gasteiger partial charge in [0.05, 0.1) is 10.0 Å². The van der Waals surface area contributed by atoms with Crippen LogP contribution < -0.4 is 5.32 Å². The largest absolute Gasteiger partial charge is 0.424 e. The molecule has 140 valence electrons. The summed E-state index contributed by atoms with van der Waals surface area (Å²) in [5.41, 5.74) is 0.647. The molecule has 2 rings (SSSR count). The van der Waals surface area contributed by atoms with Gasteiger partial charge in [-0.1, -0.05) is 53.5 Å². The second kappa shape index (κ2) is 9.75. The number of ether oxygens (including phenoxy) is 2. The molecule has 2 aromatic carbocycles. The van der Waals surface area contributed by atoms with Crippen molar-refractivity contribution in [3.05, 3.63) is 69.7 Å². The van der Waals surface area contributed by atoms with Crippen LogP contribution >= 0.6 is 23.2 Å². The van der Waals surface area contributed by atoms with Crippen LogP contribution in [0.5, 0.6) is 0 Å². The van der Waals surface area contributed by atoms with E-state index in [0.717, 1.165) is 0 Å².